The van der Waals surface area contributed by atoms with Gasteiger partial charge in [0.25, 0.3) is 0 Å². The standard InChI is InChI=1S/C13H14N2O3/c16-11-10(14-13(15-11)6-3-7-13)8-4-1-2-5-9(8)12(17)18/h1-2,4-5,10,14H,3,6-7H2,(H,15,16)(H,17,18)/t10-/m0/s1. The van der Waals surface area contributed by atoms with E-state index in [1.54, 1.807) is 18.2 Å². The molecule has 5 heteroatoms. The molecule has 5 nitrogen and oxygen atoms in total. The molecule has 1 amide bonds. The van der Waals surface area contributed by atoms with E-state index < -0.39 is 12.0 Å². The third kappa shape index (κ3) is 1.59. The fourth-order valence-electron chi connectivity index (χ4n) is 2.65. The van der Waals surface area contributed by atoms with Gasteiger partial charge < -0.3 is 10.4 Å². The highest BCUT2D eigenvalue weighted by Crippen LogP contribution is 2.37. The van der Waals surface area contributed by atoms with Gasteiger partial charge >= 0.3 is 5.97 Å². The maximum Gasteiger partial charge on any atom is 0.336 e. The van der Waals surface area contributed by atoms with E-state index in [1.807, 2.05) is 0 Å². The number of carbonyl (C=O) groups excluding carboxylic acids is 1. The first-order valence-electron chi connectivity index (χ1n) is 6.03. The van der Waals surface area contributed by atoms with Gasteiger partial charge in [-0.2, -0.15) is 0 Å². The van der Waals surface area contributed by atoms with Gasteiger partial charge in [0, 0.05) is 0 Å². The van der Waals surface area contributed by atoms with Crippen molar-refractivity contribution >= 4 is 11.9 Å². The van der Waals surface area contributed by atoms with Crippen LogP contribution in [0.3, 0.4) is 0 Å². The first kappa shape index (κ1) is 11.2. The molecule has 1 atom stereocenters. The molecule has 1 aliphatic heterocycles. The summed E-state index contributed by atoms with van der Waals surface area (Å²) in [6, 6.07) is 6.08. The van der Waals surface area contributed by atoms with Crippen molar-refractivity contribution in [2.75, 3.05) is 0 Å². The van der Waals surface area contributed by atoms with E-state index in [0.29, 0.717) is 5.56 Å². The minimum atomic E-state index is -1.00. The molecular weight excluding hydrogens is 232 g/mol. The molecule has 0 radical (unpaired) electrons. The number of hydrogen-bond acceptors (Lipinski definition) is 3. The second kappa shape index (κ2) is 3.81. The van der Waals surface area contributed by atoms with Crippen LogP contribution in [0.15, 0.2) is 24.3 Å². The minimum absolute atomic E-state index is 0.136. The molecule has 1 saturated heterocycles. The predicted octanol–water partition coefficient (Wildman–Crippen LogP) is 1.03. The fourth-order valence-corrected chi connectivity index (χ4v) is 2.65. The predicted molar refractivity (Wildman–Crippen MR) is 64.0 cm³/mol. The van der Waals surface area contributed by atoms with Crippen LogP contribution in [0.2, 0.25) is 0 Å². The molecule has 0 aromatic heterocycles. The van der Waals surface area contributed by atoms with Crippen LogP contribution in [0.1, 0.15) is 41.2 Å². The Balaban J connectivity index is 1.96. The van der Waals surface area contributed by atoms with Crippen LogP contribution in [-0.4, -0.2) is 22.6 Å². The van der Waals surface area contributed by atoms with E-state index in [0.717, 1.165) is 19.3 Å². The van der Waals surface area contributed by atoms with Gasteiger partial charge in [0.2, 0.25) is 5.91 Å². The number of aromatic carboxylic acids is 1. The van der Waals surface area contributed by atoms with Crippen LogP contribution >= 0.6 is 0 Å². The SMILES string of the molecule is O=C(O)c1ccccc1[C@@H]1NC2(CCC2)NC1=O. The Morgan fingerprint density at radius 3 is 2.61 bits per heavy atom. The minimum Gasteiger partial charge on any atom is -0.478 e. The number of benzene rings is 1. The number of rotatable bonds is 2. The molecule has 1 saturated carbocycles. The zero-order chi connectivity index (χ0) is 12.8. The number of carboxylic acid groups (broad SMARTS) is 1. The summed E-state index contributed by atoms with van der Waals surface area (Å²) >= 11 is 0. The van der Waals surface area contributed by atoms with E-state index in [4.69, 9.17) is 5.11 Å². The fraction of sp³-hybridized carbons (Fsp3) is 0.385. The summed E-state index contributed by atoms with van der Waals surface area (Å²) in [5, 5.41) is 15.3. The maximum atomic E-state index is 12.0. The molecule has 1 spiro atoms. The monoisotopic (exact) mass is 246 g/mol. The zero-order valence-electron chi connectivity index (χ0n) is 9.77. The Bertz CT molecular complexity index is 523. The smallest absolute Gasteiger partial charge is 0.336 e. The summed E-state index contributed by atoms with van der Waals surface area (Å²) in [6.07, 6.45) is 2.90. The van der Waals surface area contributed by atoms with Gasteiger partial charge in [-0.05, 0) is 30.9 Å². The lowest BCUT2D eigenvalue weighted by atomic mass is 9.85. The molecule has 1 heterocycles. The topological polar surface area (TPSA) is 78.4 Å². The largest absolute Gasteiger partial charge is 0.478 e. The molecule has 18 heavy (non-hydrogen) atoms. The van der Waals surface area contributed by atoms with Crippen LogP contribution < -0.4 is 10.6 Å². The van der Waals surface area contributed by atoms with Gasteiger partial charge in [0.1, 0.15) is 6.04 Å². The van der Waals surface area contributed by atoms with E-state index in [-0.39, 0.29) is 17.1 Å². The van der Waals surface area contributed by atoms with Crippen LogP contribution in [0.25, 0.3) is 0 Å². The third-order valence-corrected chi connectivity index (χ3v) is 3.75. The first-order chi connectivity index (χ1) is 8.61. The van der Waals surface area contributed by atoms with Crippen molar-refractivity contribution in [1.29, 1.82) is 0 Å². The number of nitrogens with one attached hydrogen (secondary N) is 2. The summed E-state index contributed by atoms with van der Waals surface area (Å²) in [5.41, 5.74) is 0.417. The average Bonchev–Trinajstić information content (AvgIpc) is 2.67. The Morgan fingerprint density at radius 1 is 1.33 bits per heavy atom. The zero-order valence-corrected chi connectivity index (χ0v) is 9.77. The van der Waals surface area contributed by atoms with E-state index in [2.05, 4.69) is 10.6 Å². The summed E-state index contributed by atoms with van der Waals surface area (Å²) in [4.78, 5) is 23.2. The highest BCUT2D eigenvalue weighted by molar-refractivity contribution is 5.94. The van der Waals surface area contributed by atoms with Gasteiger partial charge in [-0.3, -0.25) is 10.1 Å². The Morgan fingerprint density at radius 2 is 2.06 bits per heavy atom. The van der Waals surface area contributed by atoms with Gasteiger partial charge in [-0.15, -0.1) is 0 Å². The molecule has 3 N–H and O–H groups in total. The molecule has 1 aromatic carbocycles. The lowest BCUT2D eigenvalue weighted by Crippen LogP contribution is -2.55. The van der Waals surface area contributed by atoms with Crippen molar-refractivity contribution in [2.45, 2.75) is 31.0 Å². The molecule has 2 aliphatic rings. The maximum absolute atomic E-state index is 12.0. The highest BCUT2D eigenvalue weighted by atomic mass is 16.4. The molecular formula is C13H14N2O3. The number of carboxylic acids is 1. The van der Waals surface area contributed by atoms with Crippen molar-refractivity contribution in [1.82, 2.24) is 10.6 Å². The Labute approximate surface area is 104 Å². The van der Waals surface area contributed by atoms with Crippen LogP contribution in [0, 0.1) is 0 Å². The number of carbonyl (C=O) groups is 2. The van der Waals surface area contributed by atoms with Gasteiger partial charge in [-0.1, -0.05) is 18.2 Å². The van der Waals surface area contributed by atoms with Crippen molar-refractivity contribution in [2.24, 2.45) is 0 Å². The lowest BCUT2D eigenvalue weighted by Gasteiger charge is -2.38. The van der Waals surface area contributed by atoms with E-state index in [9.17, 15) is 9.59 Å². The normalized spacial score (nSPS) is 24.7. The second-order valence-corrected chi connectivity index (χ2v) is 4.89. The van der Waals surface area contributed by atoms with Crippen LogP contribution in [0.5, 0.6) is 0 Å². The molecule has 2 fully saturated rings. The van der Waals surface area contributed by atoms with Crippen molar-refractivity contribution in [3.63, 3.8) is 0 Å². The van der Waals surface area contributed by atoms with Crippen molar-refractivity contribution < 1.29 is 14.7 Å². The average molecular weight is 246 g/mol. The first-order valence-corrected chi connectivity index (χ1v) is 6.03. The Hall–Kier alpha value is -1.88. The van der Waals surface area contributed by atoms with Crippen LogP contribution in [0.4, 0.5) is 0 Å². The summed E-state index contributed by atoms with van der Waals surface area (Å²) in [7, 11) is 0. The third-order valence-electron chi connectivity index (χ3n) is 3.75. The van der Waals surface area contributed by atoms with Crippen LogP contribution in [-0.2, 0) is 4.79 Å². The van der Waals surface area contributed by atoms with E-state index >= 15 is 0 Å². The molecule has 3 rings (SSSR count). The molecule has 1 aromatic rings. The van der Waals surface area contributed by atoms with Gasteiger partial charge in [-0.25, -0.2) is 4.79 Å². The Kier molecular flexibility index (Phi) is 2.38. The quantitative estimate of drug-likeness (QED) is 0.728. The molecule has 0 unspecified atom stereocenters. The molecule has 94 valence electrons. The summed E-state index contributed by atoms with van der Waals surface area (Å²) in [5.74, 6) is -1.14. The second-order valence-electron chi connectivity index (χ2n) is 4.89. The van der Waals surface area contributed by atoms with E-state index in [1.165, 1.54) is 6.07 Å². The van der Waals surface area contributed by atoms with Gasteiger partial charge in [0.15, 0.2) is 0 Å². The summed E-state index contributed by atoms with van der Waals surface area (Å²) < 4.78 is 0. The van der Waals surface area contributed by atoms with Crippen molar-refractivity contribution in [3.05, 3.63) is 35.4 Å². The number of amides is 1. The highest BCUT2D eigenvalue weighted by Gasteiger charge is 2.48. The molecule has 1 aliphatic carbocycles. The molecule has 0 bridgehead atoms. The number of hydrogen-bond donors (Lipinski definition) is 3. The lowest BCUT2D eigenvalue weighted by molar-refractivity contribution is -0.121. The summed E-state index contributed by atoms with van der Waals surface area (Å²) in [6.45, 7) is 0. The van der Waals surface area contributed by atoms with Gasteiger partial charge in [0.05, 0.1) is 11.2 Å². The van der Waals surface area contributed by atoms with Crippen molar-refractivity contribution in [3.8, 4) is 0 Å².